The monoisotopic (exact) mass is 259 g/mol. The summed E-state index contributed by atoms with van der Waals surface area (Å²) in [6.45, 7) is -1.09. The predicted molar refractivity (Wildman–Crippen MR) is 57.7 cm³/mol. The Hall–Kier alpha value is -1.69. The van der Waals surface area contributed by atoms with Crippen LogP contribution in [0.3, 0.4) is 0 Å². The smallest absolute Gasteiger partial charge is 0.387 e. The molecule has 17 heavy (non-hydrogen) atoms. The first-order valence-electron chi connectivity index (χ1n) is 4.70. The highest BCUT2D eigenvalue weighted by molar-refractivity contribution is 6.28. The largest absolute Gasteiger partial charge is 0.435 e. The second-order valence-electron chi connectivity index (χ2n) is 3.22. The highest BCUT2D eigenvalue weighted by atomic mass is 35.5. The number of aryl methyl sites for hydroxylation is 1. The molecule has 0 saturated carbocycles. The Labute approximate surface area is 101 Å². The second kappa shape index (κ2) is 4.67. The molecule has 7 heteroatoms. The maximum atomic E-state index is 12.0. The highest BCUT2D eigenvalue weighted by Crippen LogP contribution is 2.20. The number of benzene rings is 1. The van der Waals surface area contributed by atoms with E-state index < -0.39 is 6.61 Å². The first-order valence-corrected chi connectivity index (χ1v) is 5.08. The number of hydrogen-bond donors (Lipinski definition) is 0. The van der Waals surface area contributed by atoms with Crippen LogP contribution in [0.25, 0.3) is 5.69 Å². The summed E-state index contributed by atoms with van der Waals surface area (Å²) < 4.78 is 29.7. The van der Waals surface area contributed by atoms with Crippen LogP contribution in [0.1, 0.15) is 5.82 Å². The van der Waals surface area contributed by atoms with E-state index in [0.717, 1.165) is 0 Å². The molecule has 90 valence electrons. The molecule has 4 nitrogen and oxygen atoms in total. The Bertz CT molecular complexity index is 493. The van der Waals surface area contributed by atoms with Gasteiger partial charge >= 0.3 is 6.61 Å². The van der Waals surface area contributed by atoms with Gasteiger partial charge in [0, 0.05) is 0 Å². The average molecular weight is 260 g/mol. The summed E-state index contributed by atoms with van der Waals surface area (Å²) in [4.78, 5) is 0. The van der Waals surface area contributed by atoms with Crippen LogP contribution in [0.5, 0.6) is 5.75 Å². The zero-order valence-corrected chi connectivity index (χ0v) is 9.53. The summed E-state index contributed by atoms with van der Waals surface area (Å²) in [5.41, 5.74) is 0.680. The van der Waals surface area contributed by atoms with Crippen molar-refractivity contribution in [1.82, 2.24) is 14.8 Å². The zero-order chi connectivity index (χ0) is 12.4. The third-order valence-electron chi connectivity index (χ3n) is 2.11. The lowest BCUT2D eigenvalue weighted by Crippen LogP contribution is -2.02. The third kappa shape index (κ3) is 2.52. The molecule has 1 heterocycles. The van der Waals surface area contributed by atoms with Crippen molar-refractivity contribution in [3.63, 3.8) is 0 Å². The van der Waals surface area contributed by atoms with E-state index in [-0.39, 0.29) is 11.0 Å². The van der Waals surface area contributed by atoms with E-state index >= 15 is 0 Å². The van der Waals surface area contributed by atoms with Gasteiger partial charge in [-0.05, 0) is 42.8 Å². The minimum Gasteiger partial charge on any atom is -0.435 e. The first kappa shape index (κ1) is 11.8. The van der Waals surface area contributed by atoms with Gasteiger partial charge in [-0.2, -0.15) is 8.78 Å². The third-order valence-corrected chi connectivity index (χ3v) is 2.35. The maximum Gasteiger partial charge on any atom is 0.387 e. The molecule has 0 spiro atoms. The van der Waals surface area contributed by atoms with Gasteiger partial charge in [0.05, 0.1) is 5.69 Å². The van der Waals surface area contributed by atoms with Crippen molar-refractivity contribution in [1.29, 1.82) is 0 Å². The average Bonchev–Trinajstić information content (AvgIpc) is 2.59. The van der Waals surface area contributed by atoms with Crippen LogP contribution in [-0.2, 0) is 0 Å². The fourth-order valence-corrected chi connectivity index (χ4v) is 1.66. The van der Waals surface area contributed by atoms with Crippen molar-refractivity contribution >= 4 is 11.6 Å². The summed E-state index contributed by atoms with van der Waals surface area (Å²) in [7, 11) is 0. The fourth-order valence-electron chi connectivity index (χ4n) is 1.41. The molecule has 0 aliphatic rings. The standard InChI is InChI=1S/C10H8ClF2N3O/c1-6-14-15-9(11)16(6)7-2-4-8(5-3-7)17-10(12)13/h2-5,10H,1H3. The van der Waals surface area contributed by atoms with Crippen LogP contribution in [-0.4, -0.2) is 21.4 Å². The van der Waals surface area contributed by atoms with E-state index in [2.05, 4.69) is 14.9 Å². The van der Waals surface area contributed by atoms with Gasteiger partial charge in [-0.25, -0.2) is 0 Å². The number of hydrogen-bond acceptors (Lipinski definition) is 3. The first-order chi connectivity index (χ1) is 8.08. The van der Waals surface area contributed by atoms with Crippen LogP contribution in [0.15, 0.2) is 24.3 Å². The molecular weight excluding hydrogens is 252 g/mol. The predicted octanol–water partition coefficient (Wildman–Crippen LogP) is 2.83. The molecule has 2 rings (SSSR count). The van der Waals surface area contributed by atoms with Crippen molar-refractivity contribution < 1.29 is 13.5 Å². The number of ether oxygens (including phenoxy) is 1. The zero-order valence-electron chi connectivity index (χ0n) is 8.77. The Balaban J connectivity index is 2.30. The van der Waals surface area contributed by atoms with Crippen molar-refractivity contribution in [3.8, 4) is 11.4 Å². The van der Waals surface area contributed by atoms with Gasteiger partial charge in [-0.1, -0.05) is 0 Å². The minimum absolute atomic E-state index is 0.0885. The fraction of sp³-hybridized carbons (Fsp3) is 0.200. The van der Waals surface area contributed by atoms with Crippen molar-refractivity contribution in [2.75, 3.05) is 0 Å². The van der Waals surface area contributed by atoms with Gasteiger partial charge in [0.2, 0.25) is 5.28 Å². The molecule has 0 aliphatic carbocycles. The van der Waals surface area contributed by atoms with E-state index in [1.165, 1.54) is 12.1 Å². The van der Waals surface area contributed by atoms with Gasteiger partial charge in [0.15, 0.2) is 0 Å². The molecule has 0 N–H and O–H groups in total. The van der Waals surface area contributed by atoms with E-state index in [1.54, 1.807) is 23.6 Å². The van der Waals surface area contributed by atoms with Crippen LogP contribution in [0.2, 0.25) is 5.28 Å². The van der Waals surface area contributed by atoms with Gasteiger partial charge in [-0.15, -0.1) is 10.2 Å². The second-order valence-corrected chi connectivity index (χ2v) is 3.56. The molecule has 0 aliphatic heterocycles. The summed E-state index contributed by atoms with van der Waals surface area (Å²) in [6, 6.07) is 6.05. The molecule has 1 aromatic carbocycles. The minimum atomic E-state index is -2.83. The number of halogens is 3. The molecule has 0 amide bonds. The lowest BCUT2D eigenvalue weighted by atomic mass is 10.3. The topological polar surface area (TPSA) is 39.9 Å². The Morgan fingerprint density at radius 1 is 1.24 bits per heavy atom. The van der Waals surface area contributed by atoms with Gasteiger partial charge in [0.25, 0.3) is 0 Å². The Kier molecular flexibility index (Phi) is 3.23. The number of nitrogens with zero attached hydrogens (tertiary/aromatic N) is 3. The van der Waals surface area contributed by atoms with Gasteiger partial charge < -0.3 is 4.74 Å². The molecule has 0 bridgehead atoms. The number of aromatic nitrogens is 3. The van der Waals surface area contributed by atoms with E-state index in [4.69, 9.17) is 11.6 Å². The highest BCUT2D eigenvalue weighted by Gasteiger charge is 2.09. The van der Waals surface area contributed by atoms with Gasteiger partial charge in [0.1, 0.15) is 11.6 Å². The van der Waals surface area contributed by atoms with E-state index in [9.17, 15) is 8.78 Å². The number of rotatable bonds is 3. The molecule has 2 aromatic rings. The Morgan fingerprint density at radius 3 is 2.35 bits per heavy atom. The number of alkyl halides is 2. The molecular formula is C10H8ClF2N3O. The Morgan fingerprint density at radius 2 is 1.88 bits per heavy atom. The molecule has 0 atom stereocenters. The van der Waals surface area contributed by atoms with Crippen LogP contribution in [0, 0.1) is 6.92 Å². The van der Waals surface area contributed by atoms with Crippen molar-refractivity contribution in [3.05, 3.63) is 35.4 Å². The van der Waals surface area contributed by atoms with Crippen LogP contribution < -0.4 is 4.74 Å². The SMILES string of the molecule is Cc1nnc(Cl)n1-c1ccc(OC(F)F)cc1. The van der Waals surface area contributed by atoms with E-state index in [0.29, 0.717) is 11.5 Å². The van der Waals surface area contributed by atoms with Crippen LogP contribution >= 0.6 is 11.6 Å². The normalized spacial score (nSPS) is 10.9. The maximum absolute atomic E-state index is 12.0. The molecule has 0 unspecified atom stereocenters. The van der Waals surface area contributed by atoms with Crippen molar-refractivity contribution in [2.45, 2.75) is 13.5 Å². The van der Waals surface area contributed by atoms with E-state index in [1.807, 2.05) is 0 Å². The summed E-state index contributed by atoms with van der Waals surface area (Å²) in [5, 5.41) is 7.70. The summed E-state index contributed by atoms with van der Waals surface area (Å²) >= 11 is 5.84. The molecule has 0 saturated heterocycles. The molecule has 0 radical (unpaired) electrons. The lowest BCUT2D eigenvalue weighted by molar-refractivity contribution is -0.0498. The quantitative estimate of drug-likeness (QED) is 0.851. The van der Waals surface area contributed by atoms with Gasteiger partial charge in [-0.3, -0.25) is 4.57 Å². The molecule has 1 aromatic heterocycles. The van der Waals surface area contributed by atoms with Crippen molar-refractivity contribution in [2.24, 2.45) is 0 Å². The lowest BCUT2D eigenvalue weighted by Gasteiger charge is -2.07. The molecule has 0 fully saturated rings. The summed E-state index contributed by atoms with van der Waals surface area (Å²) in [6.07, 6.45) is 0. The van der Waals surface area contributed by atoms with Crippen LogP contribution in [0.4, 0.5) is 8.78 Å². The summed E-state index contributed by atoms with van der Waals surface area (Å²) in [5.74, 6) is 0.697.